The SMILES string of the molecule is O=C(O)N1CCC(n2ncc3c(Oc4ccccc4F)ncnc32)CC1. The summed E-state index contributed by atoms with van der Waals surface area (Å²) in [6, 6.07) is 6.14. The number of amides is 1. The summed E-state index contributed by atoms with van der Waals surface area (Å²) >= 11 is 0. The first-order valence-electron chi connectivity index (χ1n) is 8.22. The van der Waals surface area contributed by atoms with Crippen molar-refractivity contribution in [3.8, 4) is 11.6 Å². The molecule has 8 nitrogen and oxygen atoms in total. The Morgan fingerprint density at radius 3 is 2.73 bits per heavy atom. The number of hydrogen-bond donors (Lipinski definition) is 1. The van der Waals surface area contributed by atoms with Crippen molar-refractivity contribution in [1.29, 1.82) is 0 Å². The summed E-state index contributed by atoms with van der Waals surface area (Å²) < 4.78 is 21.2. The second kappa shape index (κ2) is 6.58. The molecule has 1 saturated heterocycles. The van der Waals surface area contributed by atoms with Crippen molar-refractivity contribution >= 4 is 17.1 Å². The summed E-state index contributed by atoms with van der Waals surface area (Å²) in [5.74, 6) is -0.169. The average molecular weight is 357 g/mol. The van der Waals surface area contributed by atoms with Crippen molar-refractivity contribution in [3.63, 3.8) is 0 Å². The lowest BCUT2D eigenvalue weighted by atomic mass is 10.1. The van der Waals surface area contributed by atoms with E-state index >= 15 is 0 Å². The number of para-hydroxylation sites is 1. The fourth-order valence-electron chi connectivity index (χ4n) is 3.12. The minimum Gasteiger partial charge on any atom is -0.465 e. The first-order chi connectivity index (χ1) is 12.6. The van der Waals surface area contributed by atoms with E-state index in [1.807, 2.05) is 0 Å². The third-order valence-corrected chi connectivity index (χ3v) is 4.48. The number of likely N-dealkylation sites (tertiary alicyclic amines) is 1. The molecule has 1 aliphatic heterocycles. The van der Waals surface area contributed by atoms with Gasteiger partial charge in [0.1, 0.15) is 11.7 Å². The van der Waals surface area contributed by atoms with Crippen LogP contribution in [0.25, 0.3) is 11.0 Å². The first kappa shape index (κ1) is 16.2. The molecule has 0 saturated carbocycles. The molecule has 1 aliphatic rings. The highest BCUT2D eigenvalue weighted by Crippen LogP contribution is 2.31. The quantitative estimate of drug-likeness (QED) is 0.774. The number of fused-ring (bicyclic) bond motifs is 1. The van der Waals surface area contributed by atoms with E-state index in [4.69, 9.17) is 9.84 Å². The zero-order chi connectivity index (χ0) is 18.1. The molecular weight excluding hydrogens is 341 g/mol. The smallest absolute Gasteiger partial charge is 0.407 e. The Morgan fingerprint density at radius 1 is 1.23 bits per heavy atom. The number of halogens is 1. The predicted octanol–water partition coefficient (Wildman–Crippen LogP) is 3.07. The van der Waals surface area contributed by atoms with Gasteiger partial charge in [0.05, 0.1) is 12.2 Å². The Balaban J connectivity index is 1.62. The number of carboxylic acid groups (broad SMARTS) is 1. The number of ether oxygens (including phenoxy) is 1. The lowest BCUT2D eigenvalue weighted by molar-refractivity contribution is 0.124. The Kier molecular flexibility index (Phi) is 4.11. The van der Waals surface area contributed by atoms with Crippen molar-refractivity contribution in [3.05, 3.63) is 42.6 Å². The number of benzene rings is 1. The molecule has 1 fully saturated rings. The van der Waals surface area contributed by atoms with Gasteiger partial charge in [-0.05, 0) is 25.0 Å². The summed E-state index contributed by atoms with van der Waals surface area (Å²) in [6.07, 6.45) is 3.34. The van der Waals surface area contributed by atoms with Crippen LogP contribution in [0.15, 0.2) is 36.8 Å². The molecule has 0 radical (unpaired) electrons. The molecule has 1 aromatic carbocycles. The minimum absolute atomic E-state index is 0.0410. The Hall–Kier alpha value is -3.23. The number of nitrogens with zero attached hydrogens (tertiary/aromatic N) is 5. The van der Waals surface area contributed by atoms with Gasteiger partial charge in [0.25, 0.3) is 0 Å². The number of carbonyl (C=O) groups is 1. The van der Waals surface area contributed by atoms with Gasteiger partial charge in [-0.15, -0.1) is 0 Å². The van der Waals surface area contributed by atoms with Crippen LogP contribution in [0.5, 0.6) is 11.6 Å². The van der Waals surface area contributed by atoms with Crippen molar-refractivity contribution in [1.82, 2.24) is 24.6 Å². The molecule has 0 bridgehead atoms. The fourth-order valence-corrected chi connectivity index (χ4v) is 3.12. The van der Waals surface area contributed by atoms with Crippen LogP contribution in [0, 0.1) is 5.82 Å². The van der Waals surface area contributed by atoms with Crippen LogP contribution in [0.3, 0.4) is 0 Å². The van der Waals surface area contributed by atoms with Crippen LogP contribution in [0.2, 0.25) is 0 Å². The highest BCUT2D eigenvalue weighted by atomic mass is 19.1. The van der Waals surface area contributed by atoms with Gasteiger partial charge in [0.2, 0.25) is 5.88 Å². The number of hydrogen-bond acceptors (Lipinski definition) is 5. The van der Waals surface area contributed by atoms with Crippen LogP contribution in [-0.4, -0.2) is 48.9 Å². The van der Waals surface area contributed by atoms with E-state index in [1.165, 1.54) is 23.4 Å². The van der Waals surface area contributed by atoms with Gasteiger partial charge in [-0.3, -0.25) is 0 Å². The summed E-state index contributed by atoms with van der Waals surface area (Å²) in [6.45, 7) is 0.899. The minimum atomic E-state index is -0.906. The van der Waals surface area contributed by atoms with Gasteiger partial charge < -0.3 is 14.7 Å². The Labute approximate surface area is 147 Å². The second-order valence-corrected chi connectivity index (χ2v) is 6.04. The molecule has 9 heteroatoms. The molecule has 0 atom stereocenters. The van der Waals surface area contributed by atoms with Gasteiger partial charge in [-0.2, -0.15) is 5.10 Å². The third kappa shape index (κ3) is 2.92. The highest BCUT2D eigenvalue weighted by molar-refractivity contribution is 5.80. The first-order valence-corrected chi connectivity index (χ1v) is 8.22. The summed E-state index contributed by atoms with van der Waals surface area (Å²) in [5, 5.41) is 14.0. The van der Waals surface area contributed by atoms with Crippen LogP contribution in [0.1, 0.15) is 18.9 Å². The van der Waals surface area contributed by atoms with Gasteiger partial charge in [0, 0.05) is 13.1 Å². The normalized spacial score (nSPS) is 15.3. The van der Waals surface area contributed by atoms with Gasteiger partial charge >= 0.3 is 6.09 Å². The lowest BCUT2D eigenvalue weighted by Crippen LogP contribution is -2.38. The molecule has 3 aromatic rings. The Bertz CT molecular complexity index is 952. The third-order valence-electron chi connectivity index (χ3n) is 4.48. The van der Waals surface area contributed by atoms with Crippen molar-refractivity contribution in [2.75, 3.05) is 13.1 Å². The maximum atomic E-state index is 13.8. The van der Waals surface area contributed by atoms with E-state index in [2.05, 4.69) is 15.1 Å². The van der Waals surface area contributed by atoms with Crippen molar-refractivity contribution in [2.24, 2.45) is 0 Å². The average Bonchev–Trinajstić information content (AvgIpc) is 3.09. The molecule has 0 aliphatic carbocycles. The second-order valence-electron chi connectivity index (χ2n) is 6.04. The Morgan fingerprint density at radius 2 is 2.00 bits per heavy atom. The molecule has 0 unspecified atom stereocenters. The summed E-state index contributed by atoms with van der Waals surface area (Å²) in [5.41, 5.74) is 0.583. The maximum absolute atomic E-state index is 13.8. The maximum Gasteiger partial charge on any atom is 0.407 e. The standard InChI is InChI=1S/C17H16FN5O3/c18-13-3-1-2-4-14(13)26-16-12-9-21-23(15(12)19-10-20-16)11-5-7-22(8-6-11)17(24)25/h1-4,9-11H,5-8H2,(H,24,25). The molecule has 26 heavy (non-hydrogen) atoms. The van der Waals surface area contributed by atoms with Crippen LogP contribution in [0.4, 0.5) is 9.18 Å². The fraction of sp³-hybridized carbons (Fsp3) is 0.294. The predicted molar refractivity (Wildman–Crippen MR) is 89.7 cm³/mol. The summed E-state index contributed by atoms with van der Waals surface area (Å²) in [4.78, 5) is 20.8. The largest absolute Gasteiger partial charge is 0.465 e. The topological polar surface area (TPSA) is 93.4 Å². The van der Waals surface area contributed by atoms with E-state index in [1.54, 1.807) is 23.0 Å². The zero-order valence-electron chi connectivity index (χ0n) is 13.7. The van der Waals surface area contributed by atoms with Gasteiger partial charge in [0.15, 0.2) is 17.2 Å². The number of piperidine rings is 1. The number of aromatic nitrogens is 4. The monoisotopic (exact) mass is 357 g/mol. The molecule has 3 heterocycles. The van der Waals surface area contributed by atoms with E-state index < -0.39 is 11.9 Å². The molecule has 4 rings (SSSR count). The van der Waals surface area contributed by atoms with E-state index in [-0.39, 0.29) is 17.7 Å². The van der Waals surface area contributed by atoms with Crippen molar-refractivity contribution in [2.45, 2.75) is 18.9 Å². The molecule has 1 N–H and O–H groups in total. The highest BCUT2D eigenvalue weighted by Gasteiger charge is 2.26. The van der Waals surface area contributed by atoms with Crippen LogP contribution in [-0.2, 0) is 0 Å². The van der Waals surface area contributed by atoms with Gasteiger partial charge in [-0.1, -0.05) is 12.1 Å². The molecule has 1 amide bonds. The molecule has 2 aromatic heterocycles. The molecular formula is C17H16FN5O3. The van der Waals surface area contributed by atoms with Crippen LogP contribution >= 0.6 is 0 Å². The summed E-state index contributed by atoms with van der Waals surface area (Å²) in [7, 11) is 0. The van der Waals surface area contributed by atoms with E-state index in [9.17, 15) is 9.18 Å². The van der Waals surface area contributed by atoms with Crippen molar-refractivity contribution < 1.29 is 19.0 Å². The van der Waals surface area contributed by atoms with E-state index in [0.29, 0.717) is 37.0 Å². The molecule has 0 spiro atoms. The number of rotatable bonds is 3. The zero-order valence-corrected chi connectivity index (χ0v) is 13.7. The lowest BCUT2D eigenvalue weighted by Gasteiger charge is -2.30. The van der Waals surface area contributed by atoms with Gasteiger partial charge in [-0.25, -0.2) is 23.8 Å². The van der Waals surface area contributed by atoms with Crippen LogP contribution < -0.4 is 4.74 Å². The molecule has 134 valence electrons. The van der Waals surface area contributed by atoms with E-state index in [0.717, 1.165) is 0 Å².